The average Bonchev–Trinajstić information content (AvgIpc) is 2.90. The Bertz CT molecular complexity index is 1370. The summed E-state index contributed by atoms with van der Waals surface area (Å²) >= 11 is 0. The van der Waals surface area contributed by atoms with E-state index < -0.39 is 12.5 Å². The number of anilines is 1. The van der Waals surface area contributed by atoms with Crippen molar-refractivity contribution in [1.29, 1.82) is 0 Å². The fourth-order valence-electron chi connectivity index (χ4n) is 4.52. The minimum atomic E-state index is -4.65. The maximum absolute atomic E-state index is 12.7. The van der Waals surface area contributed by atoms with E-state index in [0.29, 0.717) is 37.0 Å². The van der Waals surface area contributed by atoms with E-state index in [1.54, 1.807) is 31.5 Å². The number of piperazine rings is 1. The van der Waals surface area contributed by atoms with Crippen molar-refractivity contribution in [2.75, 3.05) is 24.5 Å². The molecule has 2 aliphatic rings. The predicted molar refractivity (Wildman–Crippen MR) is 133 cm³/mol. The van der Waals surface area contributed by atoms with E-state index in [9.17, 15) is 18.0 Å². The molecule has 1 aliphatic carbocycles. The van der Waals surface area contributed by atoms with Gasteiger partial charge in [0.1, 0.15) is 6.33 Å². The Kier molecular flexibility index (Phi) is 6.90. The summed E-state index contributed by atoms with van der Waals surface area (Å²) in [5.41, 5.74) is 3.74. The molecule has 0 radical (unpaired) electrons. The molecule has 5 rings (SSSR count). The largest absolute Gasteiger partial charge is 0.523 e. The van der Waals surface area contributed by atoms with Crippen LogP contribution in [0.25, 0.3) is 17.0 Å². The van der Waals surface area contributed by atoms with Crippen LogP contribution in [0.5, 0.6) is 0 Å². The molecule has 0 amide bonds. The van der Waals surface area contributed by atoms with Crippen molar-refractivity contribution in [3.05, 3.63) is 88.6 Å². The van der Waals surface area contributed by atoms with Crippen molar-refractivity contribution in [2.45, 2.75) is 24.9 Å². The quantitative estimate of drug-likeness (QED) is 0.561. The van der Waals surface area contributed by atoms with Crippen LogP contribution in [0.4, 0.5) is 19.1 Å². The second kappa shape index (κ2) is 10.3. The third kappa shape index (κ3) is 5.78. The summed E-state index contributed by atoms with van der Waals surface area (Å²) < 4.78 is 42.9. The number of nitrogens with one attached hydrogen (secondary N) is 1. The Morgan fingerprint density at radius 1 is 1.14 bits per heavy atom. The van der Waals surface area contributed by atoms with Gasteiger partial charge in [0.25, 0.3) is 5.56 Å². The maximum Gasteiger partial charge on any atom is 0.523 e. The summed E-state index contributed by atoms with van der Waals surface area (Å²) in [6.07, 6.45) is 2.39. The molecule has 1 aliphatic heterocycles. The molecular weight excluding hydrogens is 485 g/mol. The Morgan fingerprint density at radius 3 is 2.62 bits per heavy atom. The molecule has 192 valence electrons. The molecule has 8 nitrogen and oxygen atoms in total. The first-order valence-corrected chi connectivity index (χ1v) is 11.8. The molecule has 2 atom stereocenters. The second-order valence-corrected chi connectivity index (χ2v) is 8.86. The maximum atomic E-state index is 12.7. The number of allylic oxidation sites excluding steroid dienone is 2. The van der Waals surface area contributed by atoms with Gasteiger partial charge in [0.15, 0.2) is 0 Å². The average molecular weight is 511 g/mol. The number of aromatic nitrogens is 4. The molecule has 0 spiro atoms. The molecule has 3 heterocycles. The number of halogens is 3. The smallest absolute Gasteiger partial charge is 0.339 e. The number of hydrogen-bond acceptors (Lipinski definition) is 7. The molecule has 0 bridgehead atoms. The van der Waals surface area contributed by atoms with Crippen molar-refractivity contribution in [3.8, 4) is 11.4 Å². The predicted octanol–water partition coefficient (Wildman–Crippen LogP) is 3.64. The van der Waals surface area contributed by atoms with E-state index >= 15 is 0 Å². The van der Waals surface area contributed by atoms with Gasteiger partial charge in [0.2, 0.25) is 5.95 Å². The first kappa shape index (κ1) is 24.8. The van der Waals surface area contributed by atoms with Gasteiger partial charge in [-0.3, -0.25) is 14.1 Å². The highest BCUT2D eigenvalue weighted by Crippen LogP contribution is 2.29. The SMILES string of the molecule is Cn1c(N2CCN[C@@H](c3ccc(C4=CCC(OC(F)(F)F)C=C4)cc3)C2)nc(-c2ccncn2)cc1=O. The zero-order chi connectivity index (χ0) is 26.0. The molecule has 37 heavy (non-hydrogen) atoms. The lowest BCUT2D eigenvalue weighted by Crippen LogP contribution is -2.47. The van der Waals surface area contributed by atoms with Gasteiger partial charge in [-0.1, -0.05) is 42.5 Å². The van der Waals surface area contributed by atoms with Gasteiger partial charge in [0, 0.05) is 45.0 Å². The summed E-state index contributed by atoms with van der Waals surface area (Å²) in [4.78, 5) is 27.6. The summed E-state index contributed by atoms with van der Waals surface area (Å²) in [7, 11) is 1.70. The molecule has 1 unspecified atom stereocenters. The molecule has 0 saturated carbocycles. The van der Waals surface area contributed by atoms with Crippen molar-refractivity contribution in [3.63, 3.8) is 0 Å². The van der Waals surface area contributed by atoms with Crippen molar-refractivity contribution in [1.82, 2.24) is 24.8 Å². The summed E-state index contributed by atoms with van der Waals surface area (Å²) in [6.45, 7) is 1.99. The van der Waals surface area contributed by atoms with Gasteiger partial charge in [-0.2, -0.15) is 0 Å². The normalized spacial score (nSPS) is 20.1. The highest BCUT2D eigenvalue weighted by atomic mass is 19.4. The number of hydrogen-bond donors (Lipinski definition) is 1. The van der Waals surface area contributed by atoms with Crippen LogP contribution in [0.3, 0.4) is 0 Å². The lowest BCUT2D eigenvalue weighted by Gasteiger charge is -2.35. The van der Waals surface area contributed by atoms with Gasteiger partial charge < -0.3 is 10.2 Å². The Labute approximate surface area is 211 Å². The van der Waals surface area contributed by atoms with Crippen LogP contribution in [0.2, 0.25) is 0 Å². The Morgan fingerprint density at radius 2 is 1.95 bits per heavy atom. The monoisotopic (exact) mass is 510 g/mol. The van der Waals surface area contributed by atoms with Crippen LogP contribution >= 0.6 is 0 Å². The Hall–Kier alpha value is -3.83. The van der Waals surface area contributed by atoms with Crippen molar-refractivity contribution < 1.29 is 17.9 Å². The van der Waals surface area contributed by atoms with Crippen LogP contribution in [0.1, 0.15) is 23.6 Å². The van der Waals surface area contributed by atoms with E-state index in [-0.39, 0.29) is 18.0 Å². The zero-order valence-corrected chi connectivity index (χ0v) is 20.0. The zero-order valence-electron chi connectivity index (χ0n) is 20.0. The molecule has 3 aromatic rings. The van der Waals surface area contributed by atoms with Crippen LogP contribution in [0.15, 0.2) is 71.9 Å². The fourth-order valence-corrected chi connectivity index (χ4v) is 4.52. The number of alkyl halides is 3. The lowest BCUT2D eigenvalue weighted by molar-refractivity contribution is -0.335. The number of rotatable bonds is 5. The summed E-state index contributed by atoms with van der Waals surface area (Å²) in [6, 6.07) is 11.1. The van der Waals surface area contributed by atoms with Gasteiger partial charge in [-0.15, -0.1) is 13.2 Å². The van der Waals surface area contributed by atoms with Crippen LogP contribution in [-0.4, -0.2) is 51.6 Å². The first-order valence-electron chi connectivity index (χ1n) is 11.8. The summed E-state index contributed by atoms with van der Waals surface area (Å²) in [5.74, 6) is 0.567. The van der Waals surface area contributed by atoms with E-state index in [2.05, 4.69) is 24.9 Å². The van der Waals surface area contributed by atoms with Gasteiger partial charge in [-0.25, -0.2) is 15.0 Å². The van der Waals surface area contributed by atoms with E-state index in [0.717, 1.165) is 16.7 Å². The van der Waals surface area contributed by atoms with E-state index in [4.69, 9.17) is 4.98 Å². The summed E-state index contributed by atoms with van der Waals surface area (Å²) in [5, 5.41) is 3.51. The standard InChI is InChI=1S/C26H25F3N6O2/c1-34-24(36)14-22(21-10-11-30-16-32-21)33-25(34)35-13-12-31-23(15-35)19-4-2-17(3-5-19)18-6-8-20(9-7-18)37-26(27,28)29/h2-8,10-11,14,16,20,23,31H,9,12-13,15H2,1H3/t20?,23-/m1/s1. The molecule has 11 heteroatoms. The third-order valence-electron chi connectivity index (χ3n) is 6.41. The molecule has 1 aromatic carbocycles. The van der Waals surface area contributed by atoms with E-state index in [1.165, 1.54) is 23.0 Å². The fraction of sp³-hybridized carbons (Fsp3) is 0.308. The first-order chi connectivity index (χ1) is 17.8. The molecule has 1 fully saturated rings. The third-order valence-corrected chi connectivity index (χ3v) is 6.41. The van der Waals surface area contributed by atoms with Crippen LogP contribution < -0.4 is 15.8 Å². The highest BCUT2D eigenvalue weighted by molar-refractivity contribution is 5.75. The number of ether oxygens (including phenoxy) is 1. The molecule has 1 saturated heterocycles. The minimum Gasteiger partial charge on any atom is -0.339 e. The second-order valence-electron chi connectivity index (χ2n) is 8.86. The topological polar surface area (TPSA) is 85.2 Å². The minimum absolute atomic E-state index is 0.00264. The molecule has 1 N–H and O–H groups in total. The van der Waals surface area contributed by atoms with Crippen molar-refractivity contribution >= 4 is 11.5 Å². The number of nitrogens with zero attached hydrogens (tertiary/aromatic N) is 5. The van der Waals surface area contributed by atoms with E-state index in [1.807, 2.05) is 24.3 Å². The van der Waals surface area contributed by atoms with Crippen LogP contribution in [0, 0.1) is 0 Å². The highest BCUT2D eigenvalue weighted by Gasteiger charge is 2.33. The van der Waals surface area contributed by atoms with Gasteiger partial charge >= 0.3 is 6.36 Å². The Balaban J connectivity index is 1.30. The number of benzene rings is 1. The molecule has 2 aromatic heterocycles. The van der Waals surface area contributed by atoms with Crippen LogP contribution in [-0.2, 0) is 11.8 Å². The van der Waals surface area contributed by atoms with Gasteiger partial charge in [0.05, 0.1) is 17.5 Å². The molecular formula is C26H25F3N6O2. The van der Waals surface area contributed by atoms with Crippen molar-refractivity contribution in [2.24, 2.45) is 7.05 Å². The van der Waals surface area contributed by atoms with Gasteiger partial charge in [-0.05, 0) is 29.2 Å². The lowest BCUT2D eigenvalue weighted by atomic mass is 9.96.